The first kappa shape index (κ1) is 13.3. The van der Waals surface area contributed by atoms with Gasteiger partial charge >= 0.3 is 0 Å². The third-order valence-corrected chi connectivity index (χ3v) is 7.13. The normalized spacial score (nSPS) is 46.0. The average Bonchev–Trinajstić information content (AvgIpc) is 2.73. The summed E-state index contributed by atoms with van der Waals surface area (Å²) in [5.74, 6) is 0.956. The highest BCUT2D eigenvalue weighted by Crippen LogP contribution is 2.69. The monoisotopic (exact) mass is 290 g/mol. The molecular weight excluding hydrogens is 264 g/mol. The summed E-state index contributed by atoms with van der Waals surface area (Å²) in [4.78, 5) is 5.01. The summed E-state index contributed by atoms with van der Waals surface area (Å²) in [6.07, 6.45) is 8.58. The van der Waals surface area contributed by atoms with E-state index in [9.17, 15) is 0 Å². The van der Waals surface area contributed by atoms with Gasteiger partial charge in [-0.15, -0.1) is 11.3 Å². The van der Waals surface area contributed by atoms with E-state index in [-0.39, 0.29) is 0 Å². The number of nitrogens with one attached hydrogen (secondary N) is 1. The third kappa shape index (κ3) is 1.89. The predicted octanol–water partition coefficient (Wildman–Crippen LogP) is 4.11. The molecule has 2 nitrogen and oxygen atoms in total. The Hall–Kier alpha value is -0.410. The van der Waals surface area contributed by atoms with E-state index < -0.39 is 0 Å². The van der Waals surface area contributed by atoms with Gasteiger partial charge in [0.25, 0.3) is 0 Å². The van der Waals surface area contributed by atoms with Crippen molar-refractivity contribution in [1.29, 1.82) is 0 Å². The molecule has 1 aromatic heterocycles. The van der Waals surface area contributed by atoms with Crippen LogP contribution in [0.3, 0.4) is 0 Å². The topological polar surface area (TPSA) is 24.9 Å². The van der Waals surface area contributed by atoms with Gasteiger partial charge in [-0.25, -0.2) is 4.98 Å². The molecule has 0 aromatic carbocycles. The van der Waals surface area contributed by atoms with Crippen LogP contribution in [0.2, 0.25) is 0 Å². The van der Waals surface area contributed by atoms with Gasteiger partial charge in [0.1, 0.15) is 0 Å². The lowest BCUT2D eigenvalue weighted by Gasteiger charge is -2.64. The standard InChI is InChI=1S/C17H26N2S/c1-15-4-12-5-16(2,9-15)11-17(6-12,10-15)14-19-13(7-18-3)8-20-14/h8,12,18H,4-7,9-11H2,1-3H3. The molecule has 4 fully saturated rings. The van der Waals surface area contributed by atoms with Gasteiger partial charge in [0, 0.05) is 17.3 Å². The molecule has 4 aliphatic carbocycles. The van der Waals surface area contributed by atoms with Crippen molar-refractivity contribution in [2.45, 2.75) is 64.3 Å². The molecule has 2 unspecified atom stereocenters. The first-order valence-corrected chi connectivity index (χ1v) is 8.92. The summed E-state index contributed by atoms with van der Waals surface area (Å²) in [6.45, 7) is 6.00. The maximum atomic E-state index is 5.01. The summed E-state index contributed by atoms with van der Waals surface area (Å²) in [5.41, 5.74) is 2.82. The third-order valence-electron chi connectivity index (χ3n) is 5.99. The van der Waals surface area contributed by atoms with Crippen molar-refractivity contribution < 1.29 is 0 Å². The van der Waals surface area contributed by atoms with E-state index in [0.717, 1.165) is 12.5 Å². The number of hydrogen-bond donors (Lipinski definition) is 1. The molecule has 4 aliphatic rings. The fourth-order valence-electron chi connectivity index (χ4n) is 6.50. The molecule has 1 aromatic rings. The Morgan fingerprint density at radius 3 is 2.50 bits per heavy atom. The lowest BCUT2D eigenvalue weighted by Crippen LogP contribution is -2.56. The van der Waals surface area contributed by atoms with E-state index in [2.05, 4.69) is 24.5 Å². The van der Waals surface area contributed by atoms with Gasteiger partial charge in [0.15, 0.2) is 0 Å². The molecule has 3 heteroatoms. The molecule has 110 valence electrons. The van der Waals surface area contributed by atoms with Crippen molar-refractivity contribution in [2.75, 3.05) is 7.05 Å². The van der Waals surface area contributed by atoms with Crippen LogP contribution in [-0.2, 0) is 12.0 Å². The van der Waals surface area contributed by atoms with Crippen LogP contribution in [0.5, 0.6) is 0 Å². The second-order valence-electron chi connectivity index (χ2n) is 8.58. The number of rotatable bonds is 3. The molecule has 2 atom stereocenters. The molecule has 4 saturated carbocycles. The summed E-state index contributed by atoms with van der Waals surface area (Å²) >= 11 is 1.92. The van der Waals surface area contributed by atoms with Crippen molar-refractivity contribution in [3.63, 3.8) is 0 Å². The number of thiazole rings is 1. The second kappa shape index (κ2) is 4.07. The van der Waals surface area contributed by atoms with E-state index in [1.165, 1.54) is 49.2 Å². The molecular formula is C17H26N2S. The van der Waals surface area contributed by atoms with Crippen molar-refractivity contribution in [2.24, 2.45) is 16.7 Å². The molecule has 0 amide bonds. The van der Waals surface area contributed by atoms with Crippen molar-refractivity contribution in [3.8, 4) is 0 Å². The lowest BCUT2D eigenvalue weighted by molar-refractivity contribution is -0.110. The molecule has 0 saturated heterocycles. The second-order valence-corrected chi connectivity index (χ2v) is 9.44. The smallest absolute Gasteiger partial charge is 0.0991 e. The molecule has 20 heavy (non-hydrogen) atoms. The summed E-state index contributed by atoms with van der Waals surface area (Å²) in [6, 6.07) is 0. The Morgan fingerprint density at radius 1 is 1.20 bits per heavy atom. The Balaban J connectivity index is 1.72. The van der Waals surface area contributed by atoms with E-state index in [4.69, 9.17) is 4.98 Å². The number of aromatic nitrogens is 1. The van der Waals surface area contributed by atoms with Crippen LogP contribution in [0.15, 0.2) is 5.38 Å². The number of hydrogen-bond acceptors (Lipinski definition) is 3. The molecule has 4 bridgehead atoms. The Labute approximate surface area is 126 Å². The van der Waals surface area contributed by atoms with E-state index in [1.54, 1.807) is 0 Å². The van der Waals surface area contributed by atoms with Gasteiger partial charge < -0.3 is 5.32 Å². The zero-order valence-corrected chi connectivity index (χ0v) is 13.8. The van der Waals surface area contributed by atoms with Crippen LogP contribution in [0.4, 0.5) is 0 Å². The number of nitrogens with zero attached hydrogens (tertiary/aromatic N) is 1. The minimum absolute atomic E-state index is 0.416. The minimum atomic E-state index is 0.416. The summed E-state index contributed by atoms with van der Waals surface area (Å²) < 4.78 is 0. The first-order valence-electron chi connectivity index (χ1n) is 8.04. The van der Waals surface area contributed by atoms with Crippen molar-refractivity contribution >= 4 is 11.3 Å². The Kier molecular flexibility index (Phi) is 2.70. The minimum Gasteiger partial charge on any atom is -0.314 e. The SMILES string of the molecule is CNCc1csc(C23CC4CC(C)(CC(C)(C4)C2)C3)n1. The maximum Gasteiger partial charge on any atom is 0.0991 e. The highest BCUT2D eigenvalue weighted by atomic mass is 32.1. The van der Waals surface area contributed by atoms with Gasteiger partial charge in [-0.1, -0.05) is 13.8 Å². The van der Waals surface area contributed by atoms with Gasteiger partial charge in [-0.3, -0.25) is 0 Å². The van der Waals surface area contributed by atoms with Crippen LogP contribution in [0.25, 0.3) is 0 Å². The molecule has 0 aliphatic heterocycles. The zero-order chi connectivity index (χ0) is 14.0. The largest absolute Gasteiger partial charge is 0.314 e. The zero-order valence-electron chi connectivity index (χ0n) is 13.0. The summed E-state index contributed by atoms with van der Waals surface area (Å²) in [5, 5.41) is 6.95. The lowest BCUT2D eigenvalue weighted by atomic mass is 9.40. The Bertz CT molecular complexity index is 517. The van der Waals surface area contributed by atoms with Gasteiger partial charge in [-0.2, -0.15) is 0 Å². The fourth-order valence-corrected chi connectivity index (χ4v) is 7.53. The van der Waals surface area contributed by atoms with Gasteiger partial charge in [0.05, 0.1) is 10.7 Å². The molecule has 1 heterocycles. The predicted molar refractivity (Wildman–Crippen MR) is 84.0 cm³/mol. The Morgan fingerprint density at radius 2 is 1.90 bits per heavy atom. The van der Waals surface area contributed by atoms with E-state index in [0.29, 0.717) is 16.2 Å². The first-order chi connectivity index (χ1) is 9.44. The van der Waals surface area contributed by atoms with E-state index in [1.807, 2.05) is 18.4 Å². The van der Waals surface area contributed by atoms with Crippen LogP contribution in [0.1, 0.15) is 63.1 Å². The highest BCUT2D eigenvalue weighted by molar-refractivity contribution is 7.09. The molecule has 0 radical (unpaired) electrons. The summed E-state index contributed by atoms with van der Waals surface area (Å²) in [7, 11) is 2.01. The van der Waals surface area contributed by atoms with Crippen molar-refractivity contribution in [1.82, 2.24) is 10.3 Å². The quantitative estimate of drug-likeness (QED) is 0.906. The van der Waals surface area contributed by atoms with E-state index >= 15 is 0 Å². The van der Waals surface area contributed by atoms with Crippen LogP contribution in [-0.4, -0.2) is 12.0 Å². The molecule has 5 rings (SSSR count). The van der Waals surface area contributed by atoms with Crippen LogP contribution >= 0.6 is 11.3 Å². The van der Waals surface area contributed by atoms with Gasteiger partial charge in [-0.05, 0) is 62.3 Å². The molecule has 1 N–H and O–H groups in total. The maximum absolute atomic E-state index is 5.01. The van der Waals surface area contributed by atoms with Crippen molar-refractivity contribution in [3.05, 3.63) is 16.1 Å². The van der Waals surface area contributed by atoms with Crippen LogP contribution < -0.4 is 5.32 Å². The van der Waals surface area contributed by atoms with Crippen LogP contribution in [0, 0.1) is 16.7 Å². The van der Waals surface area contributed by atoms with Gasteiger partial charge in [0.2, 0.25) is 0 Å². The fraction of sp³-hybridized carbons (Fsp3) is 0.824. The molecule has 0 spiro atoms. The average molecular weight is 290 g/mol. The highest BCUT2D eigenvalue weighted by Gasteiger charge is 2.61.